The van der Waals surface area contributed by atoms with Gasteiger partial charge in [-0.1, -0.05) is 37.7 Å². The average molecular weight is 188 g/mol. The molecule has 0 heterocycles. The molecule has 0 bridgehead atoms. The van der Waals surface area contributed by atoms with Gasteiger partial charge < -0.3 is 0 Å². The lowest BCUT2D eigenvalue weighted by Gasteiger charge is -2.01. The van der Waals surface area contributed by atoms with E-state index in [0.29, 0.717) is 0 Å². The van der Waals surface area contributed by atoms with E-state index >= 15 is 0 Å². The molecule has 0 aromatic carbocycles. The summed E-state index contributed by atoms with van der Waals surface area (Å²) in [6.45, 7) is 8.05. The van der Waals surface area contributed by atoms with Gasteiger partial charge in [-0.3, -0.25) is 0 Å². The molecule has 0 N–H and O–H groups in total. The van der Waals surface area contributed by atoms with Crippen molar-refractivity contribution in [3.63, 3.8) is 0 Å². The summed E-state index contributed by atoms with van der Waals surface area (Å²) in [6, 6.07) is 0. The van der Waals surface area contributed by atoms with Crippen LogP contribution in [0.15, 0.2) is 12.2 Å². The van der Waals surface area contributed by atoms with E-state index in [1.165, 1.54) is 18.4 Å². The highest BCUT2D eigenvalue weighted by molar-refractivity contribution is 8.23. The van der Waals surface area contributed by atoms with Gasteiger partial charge in [0.2, 0.25) is 0 Å². The van der Waals surface area contributed by atoms with Crippen LogP contribution in [0.25, 0.3) is 0 Å². The molecule has 0 aliphatic carbocycles. The molecule has 0 spiro atoms. The number of hydrogen-bond acceptors (Lipinski definition) is 2. The van der Waals surface area contributed by atoms with Crippen molar-refractivity contribution >= 4 is 28.2 Å². The number of thioether (sulfide) groups is 1. The van der Waals surface area contributed by atoms with Gasteiger partial charge in [0.15, 0.2) is 0 Å². The SMILES string of the molecule is C=C(C)CSC(=S)CCCC. The molecule has 0 radical (unpaired) electrons. The number of thiocarbonyl (C=S) groups is 1. The highest BCUT2D eigenvalue weighted by Gasteiger charge is 1.96. The molecule has 0 nitrogen and oxygen atoms in total. The van der Waals surface area contributed by atoms with Crippen molar-refractivity contribution in [1.82, 2.24) is 0 Å². The Bertz CT molecular complexity index is 138. The molecular weight excluding hydrogens is 172 g/mol. The lowest BCUT2D eigenvalue weighted by molar-refractivity contribution is 0.845. The van der Waals surface area contributed by atoms with E-state index < -0.39 is 0 Å². The van der Waals surface area contributed by atoms with Gasteiger partial charge in [-0.2, -0.15) is 0 Å². The quantitative estimate of drug-likeness (QED) is 0.475. The van der Waals surface area contributed by atoms with Crippen LogP contribution >= 0.6 is 24.0 Å². The lowest BCUT2D eigenvalue weighted by Crippen LogP contribution is -1.90. The maximum absolute atomic E-state index is 5.16. The normalized spacial score (nSPS) is 9.64. The molecule has 64 valence electrons. The minimum atomic E-state index is 0.989. The zero-order chi connectivity index (χ0) is 8.69. The smallest absolute Gasteiger partial charge is 0.0481 e. The molecule has 11 heavy (non-hydrogen) atoms. The van der Waals surface area contributed by atoms with Gasteiger partial charge in [0.25, 0.3) is 0 Å². The molecule has 0 rings (SSSR count). The first kappa shape index (κ1) is 11.2. The van der Waals surface area contributed by atoms with Crippen LogP contribution in [-0.2, 0) is 0 Å². The summed E-state index contributed by atoms with van der Waals surface area (Å²) in [4.78, 5) is 0. The van der Waals surface area contributed by atoms with Crippen molar-refractivity contribution in [2.75, 3.05) is 5.75 Å². The molecule has 0 aliphatic rings. The molecular formula is C9H16S2. The fourth-order valence-corrected chi connectivity index (χ4v) is 1.61. The largest absolute Gasteiger partial charge is 0.115 e. The Morgan fingerprint density at radius 1 is 1.55 bits per heavy atom. The van der Waals surface area contributed by atoms with Gasteiger partial charge in [0.1, 0.15) is 0 Å². The van der Waals surface area contributed by atoms with E-state index in [2.05, 4.69) is 13.5 Å². The Kier molecular flexibility index (Phi) is 6.98. The fraction of sp³-hybridized carbons (Fsp3) is 0.667. The molecule has 0 aromatic rings. The minimum absolute atomic E-state index is 0.989. The second-order valence-corrected chi connectivity index (χ2v) is 4.54. The molecule has 0 unspecified atom stereocenters. The van der Waals surface area contributed by atoms with Crippen molar-refractivity contribution in [2.24, 2.45) is 0 Å². The van der Waals surface area contributed by atoms with Gasteiger partial charge in [-0.05, 0) is 19.8 Å². The second-order valence-electron chi connectivity index (χ2n) is 2.72. The van der Waals surface area contributed by atoms with E-state index in [9.17, 15) is 0 Å². The first-order valence-corrected chi connectivity index (χ1v) is 5.36. The summed E-state index contributed by atoms with van der Waals surface area (Å²) < 4.78 is 1.13. The van der Waals surface area contributed by atoms with Crippen LogP contribution in [0, 0.1) is 0 Å². The van der Waals surface area contributed by atoms with Crippen molar-refractivity contribution < 1.29 is 0 Å². The Morgan fingerprint density at radius 3 is 2.64 bits per heavy atom. The molecule has 0 amide bonds. The summed E-state index contributed by atoms with van der Waals surface area (Å²) >= 11 is 6.92. The third-order valence-corrected chi connectivity index (χ3v) is 2.93. The van der Waals surface area contributed by atoms with Gasteiger partial charge in [0, 0.05) is 9.95 Å². The summed E-state index contributed by atoms with van der Waals surface area (Å²) in [6.07, 6.45) is 3.54. The van der Waals surface area contributed by atoms with Crippen LogP contribution in [-0.4, -0.2) is 9.95 Å². The minimum Gasteiger partial charge on any atom is -0.115 e. The number of hydrogen-bond donors (Lipinski definition) is 0. The van der Waals surface area contributed by atoms with E-state index in [4.69, 9.17) is 12.2 Å². The van der Waals surface area contributed by atoms with E-state index in [-0.39, 0.29) is 0 Å². The predicted molar refractivity (Wildman–Crippen MR) is 59.4 cm³/mol. The summed E-state index contributed by atoms with van der Waals surface area (Å²) in [5.74, 6) is 0.989. The van der Waals surface area contributed by atoms with Crippen LogP contribution in [0.1, 0.15) is 33.1 Å². The molecule has 0 saturated carbocycles. The van der Waals surface area contributed by atoms with E-state index in [1.54, 1.807) is 11.8 Å². The molecule has 0 saturated heterocycles. The molecule has 0 fully saturated rings. The molecule has 0 atom stereocenters. The van der Waals surface area contributed by atoms with Gasteiger partial charge >= 0.3 is 0 Å². The maximum Gasteiger partial charge on any atom is 0.0481 e. The van der Waals surface area contributed by atoms with E-state index in [1.807, 2.05) is 6.92 Å². The second kappa shape index (κ2) is 6.86. The van der Waals surface area contributed by atoms with Gasteiger partial charge in [-0.15, -0.1) is 11.8 Å². The topological polar surface area (TPSA) is 0 Å². The standard InChI is InChI=1S/C9H16S2/c1-4-5-6-9(10)11-7-8(2)3/h2,4-7H2,1,3H3. The van der Waals surface area contributed by atoms with Crippen molar-refractivity contribution in [3.05, 3.63) is 12.2 Å². The average Bonchev–Trinajstić information content (AvgIpc) is 1.97. The zero-order valence-corrected chi connectivity index (χ0v) is 8.99. The lowest BCUT2D eigenvalue weighted by atomic mass is 10.3. The summed E-state index contributed by atoms with van der Waals surface area (Å²) in [5.41, 5.74) is 1.20. The number of unbranched alkanes of at least 4 members (excludes halogenated alkanes) is 1. The third-order valence-electron chi connectivity index (χ3n) is 1.21. The van der Waals surface area contributed by atoms with Crippen molar-refractivity contribution in [1.29, 1.82) is 0 Å². The highest BCUT2D eigenvalue weighted by atomic mass is 32.2. The van der Waals surface area contributed by atoms with Crippen LogP contribution in [0.4, 0.5) is 0 Å². The maximum atomic E-state index is 5.16. The first-order chi connectivity index (χ1) is 5.16. The van der Waals surface area contributed by atoms with Crippen LogP contribution in [0.2, 0.25) is 0 Å². The summed E-state index contributed by atoms with van der Waals surface area (Å²) in [5, 5.41) is 0. The Labute approximate surface area is 79.5 Å². The Hall–Kier alpha value is 0.180. The van der Waals surface area contributed by atoms with Crippen LogP contribution in [0.5, 0.6) is 0 Å². The Morgan fingerprint density at radius 2 is 2.18 bits per heavy atom. The number of rotatable bonds is 5. The predicted octanol–water partition coefficient (Wildman–Crippen LogP) is 3.81. The molecule has 2 heteroatoms. The monoisotopic (exact) mass is 188 g/mol. The Balaban J connectivity index is 3.30. The third kappa shape index (κ3) is 8.08. The fourth-order valence-electron chi connectivity index (χ4n) is 0.597. The zero-order valence-electron chi connectivity index (χ0n) is 7.35. The van der Waals surface area contributed by atoms with Crippen molar-refractivity contribution in [2.45, 2.75) is 33.1 Å². The van der Waals surface area contributed by atoms with Crippen LogP contribution in [0.3, 0.4) is 0 Å². The van der Waals surface area contributed by atoms with Crippen LogP contribution < -0.4 is 0 Å². The van der Waals surface area contributed by atoms with E-state index in [0.717, 1.165) is 16.4 Å². The summed E-state index contributed by atoms with van der Waals surface area (Å²) in [7, 11) is 0. The van der Waals surface area contributed by atoms with Crippen molar-refractivity contribution in [3.8, 4) is 0 Å². The molecule has 0 aromatic heterocycles. The van der Waals surface area contributed by atoms with Gasteiger partial charge in [0.05, 0.1) is 0 Å². The molecule has 0 aliphatic heterocycles. The highest BCUT2D eigenvalue weighted by Crippen LogP contribution is 2.13. The first-order valence-electron chi connectivity index (χ1n) is 3.96. The van der Waals surface area contributed by atoms with Gasteiger partial charge in [-0.25, -0.2) is 0 Å².